The van der Waals surface area contributed by atoms with Crippen molar-refractivity contribution in [2.75, 3.05) is 26.7 Å². The van der Waals surface area contributed by atoms with Gasteiger partial charge in [-0.3, -0.25) is 9.69 Å². The van der Waals surface area contributed by atoms with E-state index in [1.165, 1.54) is 0 Å². The summed E-state index contributed by atoms with van der Waals surface area (Å²) in [4.78, 5) is 18.0. The molecule has 0 aromatic rings. The van der Waals surface area contributed by atoms with E-state index >= 15 is 0 Å². The van der Waals surface area contributed by atoms with Gasteiger partial charge in [0.15, 0.2) is 5.79 Å². The number of carbonyl (C=O) groups is 1. The highest BCUT2D eigenvalue weighted by atomic mass is 16.7. The average Bonchev–Trinajstić information content (AvgIpc) is 2.92. The monoisotopic (exact) mass is 524 g/mol. The molecule has 2 N–H and O–H groups in total. The van der Waals surface area contributed by atoms with Gasteiger partial charge in [-0.05, 0) is 65.3 Å². The van der Waals surface area contributed by atoms with Crippen LogP contribution < -0.4 is 0 Å². The van der Waals surface area contributed by atoms with E-state index in [-0.39, 0.29) is 35.9 Å². The third-order valence-electron chi connectivity index (χ3n) is 10.6. The lowest BCUT2D eigenvalue weighted by Gasteiger charge is -2.53. The van der Waals surface area contributed by atoms with Crippen LogP contribution in [0.25, 0.3) is 0 Å². The van der Waals surface area contributed by atoms with Crippen LogP contribution in [0.2, 0.25) is 0 Å². The molecule has 5 rings (SSSR count). The summed E-state index contributed by atoms with van der Waals surface area (Å²) in [7, 11) is 2.01. The molecule has 5 heterocycles. The lowest BCUT2D eigenvalue weighted by Crippen LogP contribution is -2.68. The summed E-state index contributed by atoms with van der Waals surface area (Å²) in [5, 5.41) is 23.7. The number of esters is 1. The van der Waals surface area contributed by atoms with Crippen molar-refractivity contribution < 1.29 is 29.2 Å². The van der Waals surface area contributed by atoms with Gasteiger partial charge in [0.2, 0.25) is 0 Å². The number of fused-ring (bicyclic) bond motifs is 5. The molecule has 5 saturated heterocycles. The third-order valence-corrected chi connectivity index (χ3v) is 10.6. The third kappa shape index (κ3) is 5.11. The minimum absolute atomic E-state index is 0.0864. The van der Waals surface area contributed by atoms with Gasteiger partial charge in [0.25, 0.3) is 0 Å². The van der Waals surface area contributed by atoms with Crippen molar-refractivity contribution in [3.63, 3.8) is 0 Å². The number of nitrogens with zero attached hydrogens (tertiary/aromatic N) is 2. The van der Waals surface area contributed by atoms with Gasteiger partial charge < -0.3 is 29.3 Å². The molecule has 0 aromatic carbocycles. The predicted molar refractivity (Wildman–Crippen MR) is 142 cm³/mol. The Morgan fingerprint density at radius 2 is 1.70 bits per heavy atom. The second-order valence-corrected chi connectivity index (χ2v) is 13.4. The standard InChI is InChI=1S/C29H52N2O6/c1-10-22-24-28(8,34)25(32)21(6)30(9)16-17(2)15-27(7)20(5)18(3)23(19(4)26(33)35-22)36-29(37-27)11-13-31(24)14-12-29/h17-25,32,34H,10-16H2,1-9H3/t17-,18-,19-,20-,21-,22-,23+,24?,25-,27+,28-/m1/s1. The summed E-state index contributed by atoms with van der Waals surface area (Å²) in [5.74, 6) is -1.05. The lowest BCUT2D eigenvalue weighted by molar-refractivity contribution is -0.314. The van der Waals surface area contributed by atoms with Gasteiger partial charge in [-0.25, -0.2) is 0 Å². The van der Waals surface area contributed by atoms with Gasteiger partial charge in [-0.1, -0.05) is 27.7 Å². The molecule has 5 bridgehead atoms. The fraction of sp³-hybridized carbons (Fsp3) is 0.966. The van der Waals surface area contributed by atoms with Gasteiger partial charge in [-0.15, -0.1) is 0 Å². The lowest BCUT2D eigenvalue weighted by atomic mass is 9.72. The number of piperidine rings is 1. The highest BCUT2D eigenvalue weighted by molar-refractivity contribution is 5.73. The fourth-order valence-electron chi connectivity index (χ4n) is 7.95. The number of aliphatic hydroxyl groups excluding tert-OH is 1. The first-order valence-electron chi connectivity index (χ1n) is 14.6. The smallest absolute Gasteiger partial charge is 0.311 e. The minimum atomic E-state index is -1.51. The molecule has 5 fully saturated rings. The van der Waals surface area contributed by atoms with E-state index in [1.54, 1.807) is 6.92 Å². The second-order valence-electron chi connectivity index (χ2n) is 13.4. The Morgan fingerprint density at radius 1 is 1.08 bits per heavy atom. The fourth-order valence-corrected chi connectivity index (χ4v) is 7.95. The van der Waals surface area contributed by atoms with E-state index in [2.05, 4.69) is 37.5 Å². The minimum Gasteiger partial charge on any atom is -0.460 e. The van der Waals surface area contributed by atoms with Crippen molar-refractivity contribution in [1.29, 1.82) is 0 Å². The van der Waals surface area contributed by atoms with Crippen LogP contribution in [-0.4, -0.2) is 100 Å². The number of ether oxygens (including phenoxy) is 3. The average molecular weight is 525 g/mol. The quantitative estimate of drug-likeness (QED) is 0.506. The van der Waals surface area contributed by atoms with Gasteiger partial charge in [-0.2, -0.15) is 0 Å². The Balaban J connectivity index is 1.92. The van der Waals surface area contributed by atoms with Crippen LogP contribution in [0.1, 0.15) is 81.1 Å². The van der Waals surface area contributed by atoms with Gasteiger partial charge in [0.1, 0.15) is 11.7 Å². The van der Waals surface area contributed by atoms with E-state index in [0.717, 1.165) is 13.0 Å². The van der Waals surface area contributed by atoms with Crippen LogP contribution in [-0.2, 0) is 19.0 Å². The number of carbonyl (C=O) groups excluding carboxylic acids is 1. The Labute approximate surface area is 224 Å². The maximum absolute atomic E-state index is 13.7. The molecular formula is C29H52N2O6. The normalized spacial score (nSPS) is 54.1. The zero-order valence-corrected chi connectivity index (χ0v) is 24.6. The summed E-state index contributed by atoms with van der Waals surface area (Å²) in [6, 6.07) is -0.848. The van der Waals surface area contributed by atoms with Crippen LogP contribution in [0.3, 0.4) is 0 Å². The van der Waals surface area contributed by atoms with Gasteiger partial charge >= 0.3 is 5.97 Å². The van der Waals surface area contributed by atoms with Crippen molar-refractivity contribution in [1.82, 2.24) is 9.80 Å². The molecule has 214 valence electrons. The molecule has 0 radical (unpaired) electrons. The first kappa shape index (κ1) is 29.2. The molecule has 0 aromatic heterocycles. The Morgan fingerprint density at radius 3 is 2.30 bits per heavy atom. The van der Waals surface area contributed by atoms with Crippen molar-refractivity contribution in [2.24, 2.45) is 23.7 Å². The predicted octanol–water partition coefficient (Wildman–Crippen LogP) is 3.04. The molecule has 1 unspecified atom stereocenters. The number of rotatable bonds is 1. The largest absolute Gasteiger partial charge is 0.460 e. The van der Waals surface area contributed by atoms with Crippen molar-refractivity contribution >= 4 is 5.97 Å². The molecule has 8 heteroatoms. The molecule has 1 spiro atoms. The summed E-state index contributed by atoms with van der Waals surface area (Å²) in [6.07, 6.45) is 0.742. The Bertz CT molecular complexity index is 829. The van der Waals surface area contributed by atoms with E-state index in [0.29, 0.717) is 32.4 Å². The van der Waals surface area contributed by atoms with E-state index in [4.69, 9.17) is 14.2 Å². The first-order chi connectivity index (χ1) is 17.2. The highest BCUT2D eigenvalue weighted by Gasteiger charge is 2.58. The van der Waals surface area contributed by atoms with Crippen LogP contribution in [0.4, 0.5) is 0 Å². The van der Waals surface area contributed by atoms with Crippen LogP contribution in [0.5, 0.6) is 0 Å². The zero-order chi connectivity index (χ0) is 27.5. The van der Waals surface area contributed by atoms with Gasteiger partial charge in [0.05, 0.1) is 29.8 Å². The summed E-state index contributed by atoms with van der Waals surface area (Å²) < 4.78 is 20.3. The number of likely N-dealkylation sites (N-methyl/N-ethyl adjacent to an activating group) is 1. The summed E-state index contributed by atoms with van der Waals surface area (Å²) in [5.41, 5.74) is -1.94. The molecule has 0 aliphatic carbocycles. The molecule has 8 nitrogen and oxygen atoms in total. The number of aliphatic hydroxyl groups is 2. The SMILES string of the molecule is CC[C@H]1OC(=O)[C@H](C)[C@H]2OC34CCN(CC3)C1[C@@](C)(O)[C@H](O)[C@@H](C)N(C)C[C@H](C)C[C@](C)(O4)[C@H](C)[C@H]2C. The molecular weight excluding hydrogens is 472 g/mol. The molecule has 5 aliphatic heterocycles. The van der Waals surface area contributed by atoms with Crippen LogP contribution in [0.15, 0.2) is 0 Å². The maximum Gasteiger partial charge on any atom is 0.311 e. The van der Waals surface area contributed by atoms with Crippen LogP contribution >= 0.6 is 0 Å². The molecule has 37 heavy (non-hydrogen) atoms. The second kappa shape index (κ2) is 10.3. The maximum atomic E-state index is 13.7. The molecule has 11 atom stereocenters. The number of hydrogen-bond donors (Lipinski definition) is 2. The van der Waals surface area contributed by atoms with Gasteiger partial charge in [0, 0.05) is 38.5 Å². The Hall–Kier alpha value is -0.770. The van der Waals surface area contributed by atoms with Crippen molar-refractivity contribution in [3.8, 4) is 0 Å². The highest BCUT2D eigenvalue weighted by Crippen LogP contribution is 2.49. The van der Waals surface area contributed by atoms with Crippen LogP contribution in [0, 0.1) is 23.7 Å². The van der Waals surface area contributed by atoms with Crippen molar-refractivity contribution in [3.05, 3.63) is 0 Å². The van der Waals surface area contributed by atoms with E-state index in [1.807, 2.05) is 27.8 Å². The van der Waals surface area contributed by atoms with E-state index < -0.39 is 41.2 Å². The first-order valence-corrected chi connectivity index (χ1v) is 14.6. The van der Waals surface area contributed by atoms with Crippen molar-refractivity contribution in [2.45, 2.75) is 128 Å². The number of hydrogen-bond acceptors (Lipinski definition) is 8. The topological polar surface area (TPSA) is 91.7 Å². The summed E-state index contributed by atoms with van der Waals surface area (Å²) in [6.45, 7) is 18.5. The molecule has 0 amide bonds. The Kier molecular flexibility index (Phi) is 8.15. The molecule has 0 saturated carbocycles. The van der Waals surface area contributed by atoms with E-state index in [9.17, 15) is 15.0 Å². The summed E-state index contributed by atoms with van der Waals surface area (Å²) >= 11 is 0. The zero-order valence-electron chi connectivity index (χ0n) is 24.6. The molecule has 5 aliphatic rings.